The van der Waals surface area contributed by atoms with Crippen LogP contribution in [0, 0.1) is 3.57 Å². The van der Waals surface area contributed by atoms with Crippen molar-refractivity contribution in [3.8, 4) is 0 Å². The summed E-state index contributed by atoms with van der Waals surface area (Å²) < 4.78 is 6.01. The Morgan fingerprint density at radius 3 is 2.57 bits per heavy atom. The lowest BCUT2D eigenvalue weighted by molar-refractivity contribution is -0.160. The average molecular weight is 414 g/mol. The molecule has 1 aromatic heterocycles. The van der Waals surface area contributed by atoms with Gasteiger partial charge in [0.05, 0.1) is 3.57 Å². The Morgan fingerprint density at radius 1 is 1.38 bits per heavy atom. The molecule has 11 heteroatoms. The highest BCUT2D eigenvalue weighted by atomic mass is 127. The molecule has 0 aliphatic carbocycles. The highest BCUT2D eigenvalue weighted by molar-refractivity contribution is 14.1. The Bertz CT molecular complexity index is 670. The quantitative estimate of drug-likeness (QED) is 0.332. The zero-order chi connectivity index (χ0) is 15.9. The number of hydrogen-bond acceptors (Lipinski definition) is 7. The predicted molar refractivity (Wildman–Crippen MR) is 73.6 cm³/mol. The van der Waals surface area contributed by atoms with E-state index in [9.17, 15) is 29.7 Å². The molecule has 1 aliphatic heterocycles. The molecule has 0 saturated carbocycles. The summed E-state index contributed by atoms with van der Waals surface area (Å²) in [4.78, 5) is 35.6. The molecule has 5 N–H and O–H groups in total. The standard InChI is InChI=1S/C10H11IN2O8/c11-2-1-13(10(20)12-7(2)17)8-4(15)3(14)6(21-8)5(16)9(18)19/h1,3-6,8,14-16H,(H,18,19)(H,12,17,20)/t3-,4-,5+,6+,8-/m1/s1. The first-order valence-corrected chi connectivity index (χ1v) is 6.75. The third-order valence-electron chi connectivity index (χ3n) is 3.04. The van der Waals surface area contributed by atoms with E-state index >= 15 is 0 Å². The molecule has 1 aliphatic rings. The highest BCUT2D eigenvalue weighted by Crippen LogP contribution is 2.30. The predicted octanol–water partition coefficient (Wildman–Crippen LogP) is -2.79. The van der Waals surface area contributed by atoms with Crippen molar-refractivity contribution in [2.45, 2.75) is 30.6 Å². The fourth-order valence-corrected chi connectivity index (χ4v) is 2.40. The maximum Gasteiger partial charge on any atom is 0.335 e. The molecule has 0 unspecified atom stereocenters. The van der Waals surface area contributed by atoms with E-state index in [0.717, 1.165) is 10.8 Å². The number of nitrogens with zero attached hydrogens (tertiary/aromatic N) is 1. The molecule has 1 aromatic rings. The molecule has 1 fully saturated rings. The summed E-state index contributed by atoms with van der Waals surface area (Å²) >= 11 is 1.65. The third-order valence-corrected chi connectivity index (χ3v) is 3.81. The molecule has 2 heterocycles. The van der Waals surface area contributed by atoms with Crippen molar-refractivity contribution in [2.75, 3.05) is 0 Å². The Balaban J connectivity index is 2.38. The van der Waals surface area contributed by atoms with Crippen molar-refractivity contribution in [3.63, 3.8) is 0 Å². The number of aliphatic hydroxyl groups is 3. The van der Waals surface area contributed by atoms with Crippen LogP contribution in [-0.2, 0) is 9.53 Å². The van der Waals surface area contributed by atoms with E-state index < -0.39 is 47.9 Å². The lowest BCUT2D eigenvalue weighted by atomic mass is 10.1. The molecular formula is C10H11IN2O8. The van der Waals surface area contributed by atoms with Crippen LogP contribution in [-0.4, -0.2) is 60.4 Å². The SMILES string of the molecule is O=C(O)[C@@H](O)[C@H]1O[C@@H](n2cc(I)c(=O)[nH]c2=O)[C@H](O)[C@H]1O. The number of aromatic nitrogens is 2. The molecule has 2 rings (SSSR count). The van der Waals surface area contributed by atoms with Gasteiger partial charge in [0.25, 0.3) is 5.56 Å². The van der Waals surface area contributed by atoms with Gasteiger partial charge >= 0.3 is 11.7 Å². The van der Waals surface area contributed by atoms with Crippen molar-refractivity contribution in [1.29, 1.82) is 0 Å². The van der Waals surface area contributed by atoms with E-state index in [0.29, 0.717) is 0 Å². The minimum Gasteiger partial charge on any atom is -0.479 e. The number of aliphatic hydroxyl groups excluding tert-OH is 3. The Hall–Kier alpha value is -1.28. The first-order valence-electron chi connectivity index (χ1n) is 5.67. The van der Waals surface area contributed by atoms with Gasteiger partial charge in [-0.1, -0.05) is 0 Å². The summed E-state index contributed by atoms with van der Waals surface area (Å²) in [6.07, 6.45) is -7.38. The van der Waals surface area contributed by atoms with Crippen molar-refractivity contribution in [2.24, 2.45) is 0 Å². The maximum atomic E-state index is 11.7. The summed E-state index contributed by atoms with van der Waals surface area (Å²) in [5.41, 5.74) is -1.53. The van der Waals surface area contributed by atoms with Gasteiger partial charge < -0.3 is 25.2 Å². The number of hydrogen-bond donors (Lipinski definition) is 5. The number of H-pyrrole nitrogens is 1. The van der Waals surface area contributed by atoms with E-state index in [4.69, 9.17) is 9.84 Å². The highest BCUT2D eigenvalue weighted by Gasteiger charge is 2.49. The summed E-state index contributed by atoms with van der Waals surface area (Å²) in [6, 6.07) is 0. The second-order valence-corrected chi connectivity index (χ2v) is 5.56. The van der Waals surface area contributed by atoms with Gasteiger partial charge in [-0.05, 0) is 22.6 Å². The topological polar surface area (TPSA) is 162 Å². The number of aliphatic carboxylic acids is 1. The number of ether oxygens (including phenoxy) is 1. The molecule has 1 saturated heterocycles. The van der Waals surface area contributed by atoms with Crippen LogP contribution in [0.1, 0.15) is 6.23 Å². The molecule has 0 spiro atoms. The second kappa shape index (κ2) is 5.84. The van der Waals surface area contributed by atoms with Gasteiger partial charge in [-0.2, -0.15) is 0 Å². The molecule has 116 valence electrons. The molecular weight excluding hydrogens is 403 g/mol. The lowest BCUT2D eigenvalue weighted by Crippen LogP contribution is -2.42. The molecule has 0 radical (unpaired) electrons. The number of halogens is 1. The molecule has 10 nitrogen and oxygen atoms in total. The zero-order valence-corrected chi connectivity index (χ0v) is 12.4. The number of carbonyl (C=O) groups is 1. The maximum absolute atomic E-state index is 11.7. The van der Waals surface area contributed by atoms with Crippen molar-refractivity contribution in [3.05, 3.63) is 30.6 Å². The van der Waals surface area contributed by atoms with Crippen LogP contribution < -0.4 is 11.2 Å². The lowest BCUT2D eigenvalue weighted by Gasteiger charge is -2.18. The summed E-state index contributed by atoms with van der Waals surface area (Å²) in [7, 11) is 0. The zero-order valence-electron chi connectivity index (χ0n) is 10.2. The smallest absolute Gasteiger partial charge is 0.335 e. The second-order valence-electron chi connectivity index (χ2n) is 4.40. The van der Waals surface area contributed by atoms with Gasteiger partial charge in [-0.25, -0.2) is 9.59 Å². The third kappa shape index (κ3) is 2.87. The summed E-state index contributed by atoms with van der Waals surface area (Å²) in [5, 5.41) is 37.7. The van der Waals surface area contributed by atoms with Gasteiger partial charge in [-0.3, -0.25) is 14.3 Å². The van der Waals surface area contributed by atoms with Crippen LogP contribution >= 0.6 is 22.6 Å². The molecule has 5 atom stereocenters. The van der Waals surface area contributed by atoms with Gasteiger partial charge in [0, 0.05) is 6.20 Å². The van der Waals surface area contributed by atoms with E-state index in [1.807, 2.05) is 4.98 Å². The normalized spacial score (nSPS) is 30.3. The average Bonchev–Trinajstić information content (AvgIpc) is 2.70. The molecule has 0 aromatic carbocycles. The Kier molecular flexibility index (Phi) is 4.48. The molecule has 0 bridgehead atoms. The fraction of sp³-hybridized carbons (Fsp3) is 0.500. The minimum absolute atomic E-state index is 0.125. The van der Waals surface area contributed by atoms with E-state index in [1.165, 1.54) is 0 Å². The van der Waals surface area contributed by atoms with Gasteiger partial charge in [0.1, 0.15) is 18.3 Å². The van der Waals surface area contributed by atoms with Crippen LogP contribution in [0.15, 0.2) is 15.8 Å². The van der Waals surface area contributed by atoms with Crippen LogP contribution in [0.25, 0.3) is 0 Å². The van der Waals surface area contributed by atoms with Crippen molar-refractivity contribution < 1.29 is 30.0 Å². The fourth-order valence-electron chi connectivity index (χ4n) is 1.97. The number of aromatic amines is 1. The molecule has 0 amide bonds. The van der Waals surface area contributed by atoms with Crippen LogP contribution in [0.5, 0.6) is 0 Å². The van der Waals surface area contributed by atoms with Gasteiger partial charge in [-0.15, -0.1) is 0 Å². The largest absolute Gasteiger partial charge is 0.479 e. The van der Waals surface area contributed by atoms with E-state index in [2.05, 4.69) is 0 Å². The van der Waals surface area contributed by atoms with Crippen LogP contribution in [0.4, 0.5) is 0 Å². The number of rotatable bonds is 3. The minimum atomic E-state index is -2.07. The van der Waals surface area contributed by atoms with Gasteiger partial charge in [0.15, 0.2) is 12.3 Å². The van der Waals surface area contributed by atoms with Gasteiger partial charge in [0.2, 0.25) is 0 Å². The summed E-state index contributed by atoms with van der Waals surface area (Å²) in [5.74, 6) is -1.64. The Morgan fingerprint density at radius 2 is 2.00 bits per heavy atom. The van der Waals surface area contributed by atoms with Crippen molar-refractivity contribution in [1.82, 2.24) is 9.55 Å². The first-order chi connectivity index (χ1) is 9.73. The van der Waals surface area contributed by atoms with E-state index in [1.54, 1.807) is 22.6 Å². The Labute approximate surface area is 129 Å². The number of carboxylic acid groups (broad SMARTS) is 1. The number of nitrogens with one attached hydrogen (secondary N) is 1. The first kappa shape index (κ1) is 16.1. The summed E-state index contributed by atoms with van der Waals surface area (Å²) in [6.45, 7) is 0. The molecule has 21 heavy (non-hydrogen) atoms. The van der Waals surface area contributed by atoms with Crippen LogP contribution in [0.2, 0.25) is 0 Å². The number of carboxylic acids is 1. The van der Waals surface area contributed by atoms with Crippen molar-refractivity contribution >= 4 is 28.6 Å². The van der Waals surface area contributed by atoms with E-state index in [-0.39, 0.29) is 3.57 Å². The van der Waals surface area contributed by atoms with Crippen LogP contribution in [0.3, 0.4) is 0 Å². The monoisotopic (exact) mass is 414 g/mol.